The van der Waals surface area contributed by atoms with Crippen molar-refractivity contribution in [1.82, 2.24) is 9.55 Å². The zero-order chi connectivity index (χ0) is 27.1. The van der Waals surface area contributed by atoms with Gasteiger partial charge in [0.1, 0.15) is 23.1 Å². The first-order chi connectivity index (χ1) is 17.4. The monoisotopic (exact) mass is 530 g/mol. The van der Waals surface area contributed by atoms with Crippen molar-refractivity contribution >= 4 is 21.6 Å². The largest absolute Gasteiger partial charge is 0.465 e. The number of halogens is 2. The second kappa shape index (κ2) is 9.81. The molecule has 0 unspecified atom stereocenters. The highest BCUT2D eigenvalue weighted by atomic mass is 32.2. The molecular weight excluding hydrogens is 502 g/mol. The third-order valence-corrected chi connectivity index (χ3v) is 8.36. The number of Topliss-reactive ketones (excluding diaryl/α,β-unsaturated/α-hetero) is 1. The summed E-state index contributed by atoms with van der Waals surface area (Å²) in [6, 6.07) is 5.35. The summed E-state index contributed by atoms with van der Waals surface area (Å²) in [5.74, 6) is -2.65. The second-order valence-electron chi connectivity index (χ2n) is 9.94. The third-order valence-electron chi connectivity index (χ3n) is 6.57. The number of rotatable bonds is 7. The topological polar surface area (TPSA) is 95.3 Å². The molecule has 1 aromatic carbocycles. The fourth-order valence-electron chi connectivity index (χ4n) is 4.96. The summed E-state index contributed by atoms with van der Waals surface area (Å²) in [4.78, 5) is 29.0. The molecule has 0 fully saturated rings. The van der Waals surface area contributed by atoms with Crippen LogP contribution in [0.2, 0.25) is 0 Å². The van der Waals surface area contributed by atoms with Crippen LogP contribution in [0.3, 0.4) is 0 Å². The van der Waals surface area contributed by atoms with Gasteiger partial charge in [0.15, 0.2) is 10.8 Å². The number of benzene rings is 1. The molecule has 0 bridgehead atoms. The minimum absolute atomic E-state index is 0.0153. The Bertz CT molecular complexity index is 1510. The average molecular weight is 531 g/mol. The predicted octanol–water partition coefficient (Wildman–Crippen LogP) is 4.61. The van der Waals surface area contributed by atoms with Crippen LogP contribution in [0.25, 0.3) is 0 Å². The first kappa shape index (κ1) is 26.7. The van der Waals surface area contributed by atoms with Gasteiger partial charge in [-0.05, 0) is 55.0 Å². The lowest BCUT2D eigenvalue weighted by atomic mass is 9.75. The van der Waals surface area contributed by atoms with Crippen molar-refractivity contribution < 1.29 is 31.5 Å². The maximum Gasteiger partial charge on any atom is 0.325 e. The molecule has 2 aromatic heterocycles. The van der Waals surface area contributed by atoms with E-state index in [1.165, 1.54) is 6.20 Å². The molecule has 0 radical (unpaired) electrons. The first-order valence-electron chi connectivity index (χ1n) is 11.9. The van der Waals surface area contributed by atoms with E-state index in [0.717, 1.165) is 12.1 Å². The van der Waals surface area contributed by atoms with Crippen LogP contribution in [0, 0.1) is 24.0 Å². The van der Waals surface area contributed by atoms with Crippen LogP contribution in [0.15, 0.2) is 46.5 Å². The molecule has 3 aromatic rings. The van der Waals surface area contributed by atoms with Crippen molar-refractivity contribution in [3.63, 3.8) is 0 Å². The Balaban J connectivity index is 1.85. The zero-order valence-electron chi connectivity index (χ0n) is 21.1. The summed E-state index contributed by atoms with van der Waals surface area (Å²) in [5.41, 5.74) is 2.35. The van der Waals surface area contributed by atoms with E-state index in [-0.39, 0.29) is 41.4 Å². The molecule has 37 heavy (non-hydrogen) atoms. The highest BCUT2D eigenvalue weighted by Crippen LogP contribution is 2.40. The van der Waals surface area contributed by atoms with Gasteiger partial charge in [0.25, 0.3) is 0 Å². The number of pyridine rings is 1. The number of carbonyl (C=O) groups is 2. The van der Waals surface area contributed by atoms with Gasteiger partial charge in [-0.15, -0.1) is 0 Å². The fourth-order valence-corrected chi connectivity index (χ4v) is 6.42. The zero-order valence-corrected chi connectivity index (χ0v) is 21.9. The second-order valence-corrected chi connectivity index (χ2v) is 11.8. The standard InChI is InChI=1S/C27H28F2N2O5S/c1-5-36-24(33)15-31-16(2)19(25-21(31)13-27(3,4)14-22(25)32)11-17-7-6-10-30-26(17)37(34,35)23-9-8-18(28)12-20(23)29/h6-10,12H,5,11,13-15H2,1-4H3. The molecular formula is C27H28F2N2O5S. The number of aromatic nitrogens is 2. The Hall–Kier alpha value is -3.40. The van der Waals surface area contributed by atoms with Crippen molar-refractivity contribution in [3.8, 4) is 0 Å². The number of nitrogens with zero attached hydrogens (tertiary/aromatic N) is 2. The molecule has 2 heterocycles. The van der Waals surface area contributed by atoms with E-state index in [0.29, 0.717) is 41.4 Å². The molecule has 1 aliphatic carbocycles. The Kier molecular flexibility index (Phi) is 7.07. The van der Waals surface area contributed by atoms with Crippen molar-refractivity contribution in [3.05, 3.63) is 76.2 Å². The highest BCUT2D eigenvalue weighted by molar-refractivity contribution is 7.91. The van der Waals surface area contributed by atoms with Crippen molar-refractivity contribution in [2.45, 2.75) is 63.4 Å². The normalized spacial score (nSPS) is 14.9. The predicted molar refractivity (Wildman–Crippen MR) is 131 cm³/mol. The van der Waals surface area contributed by atoms with Gasteiger partial charge in [-0.25, -0.2) is 22.2 Å². The molecule has 0 amide bonds. The van der Waals surface area contributed by atoms with Crippen LogP contribution in [0.4, 0.5) is 8.78 Å². The third kappa shape index (κ3) is 5.07. The van der Waals surface area contributed by atoms with Crippen LogP contribution in [-0.4, -0.2) is 36.3 Å². The summed E-state index contributed by atoms with van der Waals surface area (Å²) in [6.07, 6.45) is 2.14. The number of hydrogen-bond acceptors (Lipinski definition) is 6. The maximum absolute atomic E-state index is 14.5. The Labute approximate surface area is 214 Å². The van der Waals surface area contributed by atoms with Crippen LogP contribution in [-0.2, 0) is 38.8 Å². The summed E-state index contributed by atoms with van der Waals surface area (Å²) in [5, 5.41) is -0.379. The first-order valence-corrected chi connectivity index (χ1v) is 13.4. The summed E-state index contributed by atoms with van der Waals surface area (Å²) in [6.45, 7) is 7.58. The summed E-state index contributed by atoms with van der Waals surface area (Å²) < 4.78 is 61.5. The number of carbonyl (C=O) groups excluding carboxylic acids is 2. The molecule has 0 saturated heterocycles. The number of ketones is 1. The minimum Gasteiger partial charge on any atom is -0.465 e. The molecule has 196 valence electrons. The van der Waals surface area contributed by atoms with Gasteiger partial charge < -0.3 is 9.30 Å². The SMILES string of the molecule is CCOC(=O)Cn1c(C)c(Cc2cccnc2S(=O)(=O)c2ccc(F)cc2F)c2c1CC(C)(C)CC2=O. The molecule has 0 aliphatic heterocycles. The highest BCUT2D eigenvalue weighted by Gasteiger charge is 2.37. The molecule has 1 aliphatic rings. The van der Waals surface area contributed by atoms with Crippen molar-refractivity contribution in [2.75, 3.05) is 6.61 Å². The quantitative estimate of drug-likeness (QED) is 0.327. The molecule has 0 spiro atoms. The molecule has 0 atom stereocenters. The lowest BCUT2D eigenvalue weighted by Gasteiger charge is -2.30. The molecule has 7 nitrogen and oxygen atoms in total. The van der Waals surface area contributed by atoms with E-state index in [9.17, 15) is 26.8 Å². The van der Waals surface area contributed by atoms with Crippen LogP contribution in [0.1, 0.15) is 60.1 Å². The lowest BCUT2D eigenvalue weighted by Crippen LogP contribution is -2.29. The van der Waals surface area contributed by atoms with E-state index in [1.54, 1.807) is 30.5 Å². The van der Waals surface area contributed by atoms with E-state index < -0.39 is 32.3 Å². The summed E-state index contributed by atoms with van der Waals surface area (Å²) in [7, 11) is -4.44. The van der Waals surface area contributed by atoms with Crippen molar-refractivity contribution in [2.24, 2.45) is 5.41 Å². The number of fused-ring (bicyclic) bond motifs is 1. The van der Waals surface area contributed by atoms with Crippen LogP contribution >= 0.6 is 0 Å². The van der Waals surface area contributed by atoms with Crippen LogP contribution < -0.4 is 0 Å². The number of hydrogen-bond donors (Lipinski definition) is 0. The smallest absolute Gasteiger partial charge is 0.325 e. The number of esters is 1. The Morgan fingerprint density at radius 3 is 2.59 bits per heavy atom. The lowest BCUT2D eigenvalue weighted by molar-refractivity contribution is -0.143. The fraction of sp³-hybridized carbons (Fsp3) is 0.370. The van der Waals surface area contributed by atoms with Gasteiger partial charge in [-0.2, -0.15) is 0 Å². The minimum atomic E-state index is -4.44. The molecule has 0 N–H and O–H groups in total. The van der Waals surface area contributed by atoms with Crippen molar-refractivity contribution in [1.29, 1.82) is 0 Å². The molecule has 0 saturated carbocycles. The average Bonchev–Trinajstić information content (AvgIpc) is 3.04. The molecule has 4 rings (SSSR count). The van der Waals surface area contributed by atoms with Gasteiger partial charge in [-0.1, -0.05) is 19.9 Å². The maximum atomic E-state index is 14.5. The van der Waals surface area contributed by atoms with Gasteiger partial charge in [0, 0.05) is 42.1 Å². The number of sulfone groups is 1. The van der Waals surface area contributed by atoms with E-state index >= 15 is 0 Å². The van der Waals surface area contributed by atoms with E-state index in [1.807, 2.05) is 13.8 Å². The summed E-state index contributed by atoms with van der Waals surface area (Å²) >= 11 is 0. The Morgan fingerprint density at radius 2 is 1.92 bits per heavy atom. The van der Waals surface area contributed by atoms with Gasteiger partial charge in [-0.3, -0.25) is 9.59 Å². The molecule has 10 heteroatoms. The number of ether oxygens (including phenoxy) is 1. The van der Waals surface area contributed by atoms with Crippen LogP contribution in [0.5, 0.6) is 0 Å². The van der Waals surface area contributed by atoms with Gasteiger partial charge >= 0.3 is 5.97 Å². The van der Waals surface area contributed by atoms with Gasteiger partial charge in [0.05, 0.1) is 6.61 Å². The van der Waals surface area contributed by atoms with E-state index in [4.69, 9.17) is 4.74 Å². The Morgan fingerprint density at radius 1 is 1.19 bits per heavy atom. The van der Waals surface area contributed by atoms with E-state index in [2.05, 4.69) is 4.98 Å². The van der Waals surface area contributed by atoms with Gasteiger partial charge in [0.2, 0.25) is 9.84 Å².